The van der Waals surface area contributed by atoms with Crippen LogP contribution >= 0.6 is 11.8 Å². The summed E-state index contributed by atoms with van der Waals surface area (Å²) in [7, 11) is 0. The fourth-order valence-corrected chi connectivity index (χ4v) is 3.56. The van der Waals surface area contributed by atoms with E-state index in [9.17, 15) is 4.79 Å². The third-order valence-corrected chi connectivity index (χ3v) is 5.36. The summed E-state index contributed by atoms with van der Waals surface area (Å²) in [6.45, 7) is 10.7. The van der Waals surface area contributed by atoms with E-state index in [0.29, 0.717) is 6.54 Å². The Morgan fingerprint density at radius 3 is 2.62 bits per heavy atom. The summed E-state index contributed by atoms with van der Waals surface area (Å²) in [5, 5.41) is 2.96. The van der Waals surface area contributed by atoms with Crippen molar-refractivity contribution in [1.82, 2.24) is 5.32 Å². The van der Waals surface area contributed by atoms with Crippen molar-refractivity contribution >= 4 is 17.7 Å². The Kier molecular flexibility index (Phi) is 7.58. The van der Waals surface area contributed by atoms with Crippen molar-refractivity contribution in [2.75, 3.05) is 12.3 Å². The minimum absolute atomic E-state index is 0.0697. The molecule has 0 heterocycles. The van der Waals surface area contributed by atoms with E-state index < -0.39 is 6.10 Å². The highest BCUT2D eigenvalue weighted by Crippen LogP contribution is 2.24. The topological polar surface area (TPSA) is 38.3 Å². The summed E-state index contributed by atoms with van der Waals surface area (Å²) in [6.07, 6.45) is -0.503. The number of ether oxygens (including phenoxy) is 1. The molecule has 0 aromatic heterocycles. The molecule has 0 aliphatic carbocycles. The van der Waals surface area contributed by atoms with E-state index in [-0.39, 0.29) is 5.91 Å². The van der Waals surface area contributed by atoms with E-state index in [0.717, 1.165) is 28.4 Å². The minimum Gasteiger partial charge on any atom is -0.481 e. The van der Waals surface area contributed by atoms with E-state index in [1.807, 2.05) is 31.7 Å². The van der Waals surface area contributed by atoms with Crippen molar-refractivity contribution in [1.29, 1.82) is 0 Å². The van der Waals surface area contributed by atoms with Gasteiger partial charge < -0.3 is 10.1 Å². The Morgan fingerprint density at radius 1 is 1.12 bits per heavy atom. The van der Waals surface area contributed by atoms with Crippen LogP contribution in [-0.2, 0) is 10.5 Å². The van der Waals surface area contributed by atoms with E-state index in [1.165, 1.54) is 16.7 Å². The molecular formula is C22H29NO2S. The molecule has 0 fully saturated rings. The highest BCUT2D eigenvalue weighted by molar-refractivity contribution is 7.98. The van der Waals surface area contributed by atoms with Crippen LogP contribution < -0.4 is 10.1 Å². The molecule has 0 radical (unpaired) electrons. The van der Waals surface area contributed by atoms with Gasteiger partial charge in [0.1, 0.15) is 5.75 Å². The molecule has 140 valence electrons. The number of hydrogen-bond donors (Lipinski definition) is 1. The lowest BCUT2D eigenvalue weighted by Crippen LogP contribution is -2.37. The molecule has 0 saturated carbocycles. The summed E-state index contributed by atoms with van der Waals surface area (Å²) >= 11 is 1.82. The number of nitrogens with one attached hydrogen (secondary N) is 1. The summed E-state index contributed by atoms with van der Waals surface area (Å²) in [4.78, 5) is 12.3. The smallest absolute Gasteiger partial charge is 0.260 e. The maximum Gasteiger partial charge on any atom is 0.260 e. The molecule has 1 atom stereocenters. The molecule has 0 aliphatic heterocycles. The average molecular weight is 372 g/mol. The van der Waals surface area contributed by atoms with Crippen molar-refractivity contribution in [3.8, 4) is 5.75 Å². The SMILES string of the molecule is Cc1cccc(CSCCNC(=O)[C@@H](C)Oc2cc(C)cc(C)c2C)c1. The number of aryl methyl sites for hydroxylation is 3. The van der Waals surface area contributed by atoms with E-state index in [2.05, 4.69) is 49.5 Å². The highest BCUT2D eigenvalue weighted by atomic mass is 32.2. The zero-order chi connectivity index (χ0) is 19.1. The van der Waals surface area contributed by atoms with Gasteiger partial charge in [-0.15, -0.1) is 0 Å². The van der Waals surface area contributed by atoms with Gasteiger partial charge in [-0.1, -0.05) is 35.9 Å². The highest BCUT2D eigenvalue weighted by Gasteiger charge is 2.16. The van der Waals surface area contributed by atoms with E-state index in [4.69, 9.17) is 4.74 Å². The standard InChI is InChI=1S/C22H29NO2S/c1-15-7-6-8-20(12-15)14-26-10-9-23-22(24)19(5)25-21-13-16(2)11-17(3)18(21)4/h6-8,11-13,19H,9-10,14H2,1-5H3,(H,23,24)/t19-/m1/s1. The lowest BCUT2D eigenvalue weighted by Gasteiger charge is -2.18. The van der Waals surface area contributed by atoms with Gasteiger partial charge in [0.25, 0.3) is 5.91 Å². The molecule has 0 bridgehead atoms. The molecule has 2 aromatic rings. The van der Waals surface area contributed by atoms with Gasteiger partial charge in [-0.25, -0.2) is 0 Å². The second-order valence-electron chi connectivity index (χ2n) is 6.80. The predicted molar refractivity (Wildman–Crippen MR) is 111 cm³/mol. The molecule has 3 nitrogen and oxygen atoms in total. The first-order chi connectivity index (χ1) is 12.4. The van der Waals surface area contributed by atoms with Gasteiger partial charge in [-0.2, -0.15) is 11.8 Å². The van der Waals surface area contributed by atoms with Crippen molar-refractivity contribution in [3.63, 3.8) is 0 Å². The molecule has 0 spiro atoms. The number of benzene rings is 2. The van der Waals surface area contributed by atoms with Crippen molar-refractivity contribution in [2.45, 2.75) is 46.5 Å². The molecule has 4 heteroatoms. The quantitative estimate of drug-likeness (QED) is 0.681. The maximum atomic E-state index is 12.3. The second-order valence-corrected chi connectivity index (χ2v) is 7.90. The Hall–Kier alpha value is -1.94. The molecule has 0 aliphatic rings. The van der Waals surface area contributed by atoms with Crippen LogP contribution in [0, 0.1) is 27.7 Å². The van der Waals surface area contributed by atoms with Crippen LogP contribution in [0.25, 0.3) is 0 Å². The lowest BCUT2D eigenvalue weighted by molar-refractivity contribution is -0.127. The minimum atomic E-state index is -0.503. The molecule has 0 unspecified atom stereocenters. The van der Waals surface area contributed by atoms with Gasteiger partial charge in [0.2, 0.25) is 0 Å². The first kappa shape index (κ1) is 20.4. The number of thioether (sulfide) groups is 1. The van der Waals surface area contributed by atoms with Crippen LogP contribution in [0.3, 0.4) is 0 Å². The molecule has 1 amide bonds. The first-order valence-electron chi connectivity index (χ1n) is 9.02. The van der Waals surface area contributed by atoms with Crippen LogP contribution in [0.1, 0.15) is 34.7 Å². The molecule has 2 aromatic carbocycles. The van der Waals surface area contributed by atoms with Crippen LogP contribution in [-0.4, -0.2) is 24.3 Å². The first-order valence-corrected chi connectivity index (χ1v) is 10.2. The van der Waals surface area contributed by atoms with E-state index in [1.54, 1.807) is 6.92 Å². The van der Waals surface area contributed by atoms with Gasteiger partial charge >= 0.3 is 0 Å². The Labute approximate surface area is 161 Å². The number of rotatable bonds is 8. The van der Waals surface area contributed by atoms with Crippen LogP contribution in [0.15, 0.2) is 36.4 Å². The Balaban J connectivity index is 1.74. The predicted octanol–water partition coefficient (Wildman–Crippen LogP) is 4.74. The van der Waals surface area contributed by atoms with Gasteiger partial charge in [0.15, 0.2) is 6.10 Å². The third kappa shape index (κ3) is 6.10. The summed E-state index contributed by atoms with van der Waals surface area (Å²) in [6, 6.07) is 12.6. The maximum absolute atomic E-state index is 12.3. The zero-order valence-electron chi connectivity index (χ0n) is 16.4. The number of hydrogen-bond acceptors (Lipinski definition) is 3. The van der Waals surface area contributed by atoms with Crippen LogP contribution in [0.2, 0.25) is 0 Å². The lowest BCUT2D eigenvalue weighted by atomic mass is 10.1. The monoisotopic (exact) mass is 371 g/mol. The van der Waals surface area contributed by atoms with E-state index >= 15 is 0 Å². The fourth-order valence-electron chi connectivity index (χ4n) is 2.75. The fraction of sp³-hybridized carbons (Fsp3) is 0.409. The Morgan fingerprint density at radius 2 is 1.88 bits per heavy atom. The number of amides is 1. The normalized spacial score (nSPS) is 11.9. The van der Waals surface area contributed by atoms with Gasteiger partial charge in [-0.05, 0) is 62.9 Å². The summed E-state index contributed by atoms with van der Waals surface area (Å²) < 4.78 is 5.89. The third-order valence-electron chi connectivity index (χ3n) is 4.33. The molecule has 26 heavy (non-hydrogen) atoms. The number of carbonyl (C=O) groups is 1. The zero-order valence-corrected chi connectivity index (χ0v) is 17.2. The van der Waals surface area contributed by atoms with Gasteiger partial charge in [-0.3, -0.25) is 4.79 Å². The van der Waals surface area contributed by atoms with Crippen molar-refractivity contribution < 1.29 is 9.53 Å². The molecular weight excluding hydrogens is 342 g/mol. The second kappa shape index (κ2) is 9.67. The van der Waals surface area contributed by atoms with Crippen LogP contribution in [0.5, 0.6) is 5.75 Å². The van der Waals surface area contributed by atoms with Crippen LogP contribution in [0.4, 0.5) is 0 Å². The van der Waals surface area contributed by atoms with Crippen molar-refractivity contribution in [2.24, 2.45) is 0 Å². The summed E-state index contributed by atoms with van der Waals surface area (Å²) in [5.41, 5.74) is 6.01. The van der Waals surface area contributed by atoms with Crippen molar-refractivity contribution in [3.05, 3.63) is 64.2 Å². The molecule has 0 saturated heterocycles. The Bertz CT molecular complexity index is 758. The van der Waals surface area contributed by atoms with Gasteiger partial charge in [0.05, 0.1) is 0 Å². The average Bonchev–Trinajstić information content (AvgIpc) is 2.58. The largest absolute Gasteiger partial charge is 0.481 e. The molecule has 2 rings (SSSR count). The molecule has 1 N–H and O–H groups in total. The number of carbonyl (C=O) groups excluding carboxylic acids is 1. The van der Waals surface area contributed by atoms with Gasteiger partial charge in [0, 0.05) is 18.1 Å². The summed E-state index contributed by atoms with van der Waals surface area (Å²) in [5.74, 6) is 2.57.